The van der Waals surface area contributed by atoms with E-state index in [-0.39, 0.29) is 11.0 Å². The molecule has 3 nitrogen and oxygen atoms in total. The van der Waals surface area contributed by atoms with Crippen molar-refractivity contribution in [2.45, 2.75) is 37.6 Å². The number of rotatable bonds is 0. The van der Waals surface area contributed by atoms with Gasteiger partial charge in [-0.2, -0.15) is 0 Å². The summed E-state index contributed by atoms with van der Waals surface area (Å²) in [6.45, 7) is 1.91. The molecule has 2 N–H and O–H groups in total. The Morgan fingerprint density at radius 2 is 1.85 bits per heavy atom. The van der Waals surface area contributed by atoms with Crippen molar-refractivity contribution < 1.29 is 4.79 Å². The van der Waals surface area contributed by atoms with Crippen LogP contribution in [0.4, 0.5) is 0 Å². The molecule has 1 aliphatic carbocycles. The number of hydrogen-bond donors (Lipinski definition) is 2. The van der Waals surface area contributed by atoms with Gasteiger partial charge in [0.05, 0.1) is 5.41 Å². The van der Waals surface area contributed by atoms with E-state index in [4.69, 9.17) is 0 Å². The summed E-state index contributed by atoms with van der Waals surface area (Å²) < 4.78 is 0. The summed E-state index contributed by atoms with van der Waals surface area (Å²) in [5.74, 6) is 0.321. The zero-order valence-corrected chi connectivity index (χ0v) is 7.86. The summed E-state index contributed by atoms with van der Waals surface area (Å²) in [6, 6.07) is 0. The van der Waals surface area contributed by atoms with Crippen molar-refractivity contribution in [1.82, 2.24) is 10.6 Å². The molecule has 72 valence electrons. The van der Waals surface area contributed by atoms with Crippen LogP contribution in [0, 0.1) is 5.41 Å². The van der Waals surface area contributed by atoms with Crippen LogP contribution in [0.1, 0.15) is 32.1 Å². The van der Waals surface area contributed by atoms with Crippen LogP contribution in [-0.4, -0.2) is 24.5 Å². The minimum Gasteiger partial charge on any atom is -0.350 e. The third-order valence-electron chi connectivity index (χ3n) is 4.04. The third kappa shape index (κ3) is 1.03. The van der Waals surface area contributed by atoms with Crippen LogP contribution in [0.2, 0.25) is 0 Å². The maximum atomic E-state index is 11.9. The van der Waals surface area contributed by atoms with Gasteiger partial charge in [0, 0.05) is 12.1 Å². The molecule has 13 heavy (non-hydrogen) atoms. The first kappa shape index (κ1) is 7.80. The van der Waals surface area contributed by atoms with E-state index in [1.807, 2.05) is 0 Å². The minimum atomic E-state index is -0.0339. The molecule has 3 heteroatoms. The fourth-order valence-corrected chi connectivity index (χ4v) is 2.70. The van der Waals surface area contributed by atoms with Gasteiger partial charge in [0.25, 0.3) is 0 Å². The van der Waals surface area contributed by atoms with Crippen LogP contribution in [0.5, 0.6) is 0 Å². The van der Waals surface area contributed by atoms with Gasteiger partial charge in [0.2, 0.25) is 5.91 Å². The second-order valence-electron chi connectivity index (χ2n) is 4.94. The van der Waals surface area contributed by atoms with Crippen LogP contribution >= 0.6 is 0 Å². The molecule has 2 heterocycles. The van der Waals surface area contributed by atoms with Gasteiger partial charge < -0.3 is 10.6 Å². The molecular formula is C10H16N2O. The molecule has 1 saturated carbocycles. The smallest absolute Gasteiger partial charge is 0.227 e. The minimum absolute atomic E-state index is 0.0339. The van der Waals surface area contributed by atoms with Crippen molar-refractivity contribution in [3.05, 3.63) is 0 Å². The van der Waals surface area contributed by atoms with Gasteiger partial charge in [-0.25, -0.2) is 0 Å². The number of amides is 1. The number of carbonyl (C=O) groups is 1. The predicted molar refractivity (Wildman–Crippen MR) is 49.3 cm³/mol. The van der Waals surface area contributed by atoms with Gasteiger partial charge in [0.1, 0.15) is 0 Å². The molecule has 2 spiro atoms. The Balaban J connectivity index is 1.81. The molecule has 0 aromatic heterocycles. The van der Waals surface area contributed by atoms with Crippen LogP contribution in [0.3, 0.4) is 0 Å². The molecule has 0 aromatic carbocycles. The van der Waals surface area contributed by atoms with E-state index in [0.29, 0.717) is 5.91 Å². The van der Waals surface area contributed by atoms with Crippen molar-refractivity contribution in [3.8, 4) is 0 Å². The second kappa shape index (κ2) is 2.27. The molecule has 1 atom stereocenters. The van der Waals surface area contributed by atoms with E-state index in [1.54, 1.807) is 0 Å². The molecule has 0 aromatic rings. The Morgan fingerprint density at radius 1 is 1.08 bits per heavy atom. The number of nitrogens with one attached hydrogen (secondary N) is 2. The summed E-state index contributed by atoms with van der Waals surface area (Å²) in [7, 11) is 0. The van der Waals surface area contributed by atoms with Crippen LogP contribution in [0.25, 0.3) is 0 Å². The topological polar surface area (TPSA) is 41.1 Å². The van der Waals surface area contributed by atoms with Crippen LogP contribution in [0.15, 0.2) is 0 Å². The fraction of sp³-hybridized carbons (Fsp3) is 0.900. The highest BCUT2D eigenvalue weighted by Gasteiger charge is 2.54. The maximum Gasteiger partial charge on any atom is 0.227 e. The normalized spacial score (nSPS) is 41.1. The first-order chi connectivity index (χ1) is 6.25. The number of carbonyl (C=O) groups excluding carboxylic acids is 1. The van der Waals surface area contributed by atoms with E-state index >= 15 is 0 Å². The average Bonchev–Trinajstić information content (AvgIpc) is 2.71. The van der Waals surface area contributed by atoms with Crippen molar-refractivity contribution in [3.63, 3.8) is 0 Å². The Bertz CT molecular complexity index is 252. The molecule has 3 rings (SSSR count). The lowest BCUT2D eigenvalue weighted by atomic mass is 9.76. The fourth-order valence-electron chi connectivity index (χ4n) is 2.70. The van der Waals surface area contributed by atoms with E-state index in [0.717, 1.165) is 25.9 Å². The molecule has 3 fully saturated rings. The van der Waals surface area contributed by atoms with Crippen molar-refractivity contribution in [2.75, 3.05) is 13.1 Å². The maximum absolute atomic E-state index is 11.9. The van der Waals surface area contributed by atoms with Gasteiger partial charge in [-0.05, 0) is 38.6 Å². The predicted octanol–water partition coefficient (Wildman–Crippen LogP) is 0.409. The lowest BCUT2D eigenvalue weighted by Crippen LogP contribution is -2.53. The lowest BCUT2D eigenvalue weighted by molar-refractivity contribution is -0.134. The Morgan fingerprint density at radius 3 is 2.38 bits per heavy atom. The monoisotopic (exact) mass is 180 g/mol. The Labute approximate surface area is 78.3 Å². The van der Waals surface area contributed by atoms with Gasteiger partial charge in [0.15, 0.2) is 0 Å². The zero-order chi connectivity index (χ0) is 8.94. The standard InChI is InChI=1S/C10H16N2O/c13-8-9(5-6-11-7-9)1-2-10(12-8)3-4-10/h11H,1-7H2,(H,12,13)/t9-/m0/s1. The summed E-state index contributed by atoms with van der Waals surface area (Å²) in [6.07, 6.45) is 5.77. The third-order valence-corrected chi connectivity index (χ3v) is 4.04. The first-order valence-corrected chi connectivity index (χ1v) is 5.28. The molecular weight excluding hydrogens is 164 g/mol. The van der Waals surface area contributed by atoms with Crippen LogP contribution in [-0.2, 0) is 4.79 Å². The van der Waals surface area contributed by atoms with Gasteiger partial charge in [-0.3, -0.25) is 4.79 Å². The van der Waals surface area contributed by atoms with Gasteiger partial charge in [-0.1, -0.05) is 0 Å². The lowest BCUT2D eigenvalue weighted by Gasteiger charge is -2.36. The highest BCUT2D eigenvalue weighted by atomic mass is 16.2. The summed E-state index contributed by atoms with van der Waals surface area (Å²) in [5, 5.41) is 6.52. The molecule has 0 unspecified atom stereocenters. The van der Waals surface area contributed by atoms with Gasteiger partial charge in [-0.15, -0.1) is 0 Å². The Hall–Kier alpha value is -0.570. The van der Waals surface area contributed by atoms with E-state index < -0.39 is 0 Å². The quantitative estimate of drug-likeness (QED) is 0.567. The van der Waals surface area contributed by atoms with E-state index in [9.17, 15) is 4.79 Å². The largest absolute Gasteiger partial charge is 0.350 e. The van der Waals surface area contributed by atoms with E-state index in [2.05, 4.69) is 10.6 Å². The Kier molecular flexibility index (Phi) is 1.36. The SMILES string of the molecule is O=C1NC2(CC2)CC[C@@]12CCNC2. The van der Waals surface area contributed by atoms with Crippen LogP contribution < -0.4 is 10.6 Å². The highest BCUT2D eigenvalue weighted by molar-refractivity contribution is 5.85. The molecule has 2 saturated heterocycles. The molecule has 0 radical (unpaired) electrons. The molecule has 0 bridgehead atoms. The second-order valence-corrected chi connectivity index (χ2v) is 4.94. The van der Waals surface area contributed by atoms with E-state index in [1.165, 1.54) is 19.3 Å². The molecule has 2 aliphatic heterocycles. The molecule has 1 amide bonds. The first-order valence-electron chi connectivity index (χ1n) is 5.28. The van der Waals surface area contributed by atoms with Crippen molar-refractivity contribution in [2.24, 2.45) is 5.41 Å². The van der Waals surface area contributed by atoms with Crippen molar-refractivity contribution in [1.29, 1.82) is 0 Å². The summed E-state index contributed by atoms with van der Waals surface area (Å²) >= 11 is 0. The zero-order valence-electron chi connectivity index (χ0n) is 7.86. The number of hydrogen-bond acceptors (Lipinski definition) is 2. The average molecular weight is 180 g/mol. The van der Waals surface area contributed by atoms with Gasteiger partial charge >= 0.3 is 0 Å². The highest BCUT2D eigenvalue weighted by Crippen LogP contribution is 2.48. The van der Waals surface area contributed by atoms with Crippen molar-refractivity contribution >= 4 is 5.91 Å². The molecule has 3 aliphatic rings. The summed E-state index contributed by atoms with van der Waals surface area (Å²) in [5.41, 5.74) is 0.221. The summed E-state index contributed by atoms with van der Waals surface area (Å²) in [4.78, 5) is 11.9. The number of piperidine rings is 1.